The maximum absolute atomic E-state index is 11.5. The number of nitriles is 1. The standard InChI is InChI=1S/C17H16N2O2/c1-12-8-15(17(20)21-2)6-7-16(12)19-11-14-5-3-4-13(9-14)10-18/h3-9,19H,11H2,1-2H3. The number of hydrogen-bond acceptors (Lipinski definition) is 4. The smallest absolute Gasteiger partial charge is 0.337 e. The van der Waals surface area contributed by atoms with E-state index in [1.54, 1.807) is 18.2 Å². The van der Waals surface area contributed by atoms with E-state index in [9.17, 15) is 4.79 Å². The van der Waals surface area contributed by atoms with Crippen LogP contribution in [0.5, 0.6) is 0 Å². The average molecular weight is 280 g/mol. The molecule has 4 heteroatoms. The Balaban J connectivity index is 2.10. The predicted octanol–water partition coefficient (Wildman–Crippen LogP) is 3.27. The highest BCUT2D eigenvalue weighted by atomic mass is 16.5. The summed E-state index contributed by atoms with van der Waals surface area (Å²) in [5, 5.41) is 12.2. The first-order valence-corrected chi connectivity index (χ1v) is 6.56. The Morgan fingerprint density at radius 2 is 2.10 bits per heavy atom. The van der Waals surface area contributed by atoms with E-state index < -0.39 is 0 Å². The molecule has 2 aromatic rings. The number of anilines is 1. The van der Waals surface area contributed by atoms with Gasteiger partial charge in [-0.15, -0.1) is 0 Å². The molecule has 0 aliphatic heterocycles. The second-order valence-electron chi connectivity index (χ2n) is 4.69. The van der Waals surface area contributed by atoms with E-state index >= 15 is 0 Å². The predicted molar refractivity (Wildman–Crippen MR) is 81.0 cm³/mol. The van der Waals surface area contributed by atoms with E-state index in [1.807, 2.05) is 31.2 Å². The van der Waals surface area contributed by atoms with Crippen LogP contribution in [0.25, 0.3) is 0 Å². The molecule has 0 amide bonds. The monoisotopic (exact) mass is 280 g/mol. The summed E-state index contributed by atoms with van der Waals surface area (Å²) >= 11 is 0. The maximum atomic E-state index is 11.5. The van der Waals surface area contributed by atoms with Gasteiger partial charge in [0.15, 0.2) is 0 Å². The van der Waals surface area contributed by atoms with Gasteiger partial charge in [-0.25, -0.2) is 4.79 Å². The largest absolute Gasteiger partial charge is 0.465 e. The molecule has 0 aromatic heterocycles. The van der Waals surface area contributed by atoms with Crippen LogP contribution >= 0.6 is 0 Å². The van der Waals surface area contributed by atoms with Crippen LogP contribution in [0.2, 0.25) is 0 Å². The summed E-state index contributed by atoms with van der Waals surface area (Å²) in [5.74, 6) is -0.341. The van der Waals surface area contributed by atoms with Gasteiger partial charge in [0.25, 0.3) is 0 Å². The fourth-order valence-electron chi connectivity index (χ4n) is 2.05. The Hall–Kier alpha value is -2.80. The summed E-state index contributed by atoms with van der Waals surface area (Å²) in [6.07, 6.45) is 0. The number of aryl methyl sites for hydroxylation is 1. The Labute approximate surface area is 124 Å². The molecule has 4 nitrogen and oxygen atoms in total. The van der Waals surface area contributed by atoms with Crippen LogP contribution in [0.1, 0.15) is 27.0 Å². The number of methoxy groups -OCH3 is 1. The molecule has 0 spiro atoms. The summed E-state index contributed by atoms with van der Waals surface area (Å²) in [5.41, 5.74) is 4.13. The minimum atomic E-state index is -0.341. The number of nitrogens with one attached hydrogen (secondary N) is 1. The molecule has 0 atom stereocenters. The summed E-state index contributed by atoms with van der Waals surface area (Å²) in [6, 6.07) is 15.0. The molecule has 0 aliphatic rings. The maximum Gasteiger partial charge on any atom is 0.337 e. The van der Waals surface area contributed by atoms with Crippen molar-refractivity contribution in [2.75, 3.05) is 12.4 Å². The van der Waals surface area contributed by atoms with Crippen LogP contribution in [0, 0.1) is 18.3 Å². The molecule has 2 rings (SSSR count). The van der Waals surface area contributed by atoms with E-state index in [0.29, 0.717) is 17.7 Å². The van der Waals surface area contributed by atoms with Crippen molar-refractivity contribution in [3.8, 4) is 6.07 Å². The normalized spacial score (nSPS) is 9.76. The lowest BCUT2D eigenvalue weighted by Crippen LogP contribution is -2.05. The van der Waals surface area contributed by atoms with Gasteiger partial charge in [0.05, 0.1) is 24.3 Å². The van der Waals surface area contributed by atoms with Gasteiger partial charge in [-0.2, -0.15) is 5.26 Å². The van der Waals surface area contributed by atoms with E-state index in [4.69, 9.17) is 10.00 Å². The Morgan fingerprint density at radius 3 is 2.76 bits per heavy atom. The number of benzene rings is 2. The lowest BCUT2D eigenvalue weighted by molar-refractivity contribution is 0.0600. The molecule has 0 radical (unpaired) electrons. The third-order valence-corrected chi connectivity index (χ3v) is 3.19. The van der Waals surface area contributed by atoms with Gasteiger partial charge >= 0.3 is 5.97 Å². The molecule has 0 saturated carbocycles. The van der Waals surface area contributed by atoms with E-state index in [-0.39, 0.29) is 5.97 Å². The van der Waals surface area contributed by atoms with E-state index in [2.05, 4.69) is 11.4 Å². The summed E-state index contributed by atoms with van der Waals surface area (Å²) in [6.45, 7) is 2.55. The van der Waals surface area contributed by atoms with E-state index in [0.717, 1.165) is 16.8 Å². The summed E-state index contributed by atoms with van der Waals surface area (Å²) < 4.78 is 4.70. The summed E-state index contributed by atoms with van der Waals surface area (Å²) in [4.78, 5) is 11.5. The van der Waals surface area contributed by atoms with Crippen molar-refractivity contribution in [3.05, 3.63) is 64.7 Å². The number of rotatable bonds is 4. The Bertz CT molecular complexity index is 702. The molecule has 21 heavy (non-hydrogen) atoms. The quantitative estimate of drug-likeness (QED) is 0.873. The van der Waals surface area contributed by atoms with Gasteiger partial charge in [0, 0.05) is 12.2 Å². The first kappa shape index (κ1) is 14.6. The van der Waals surface area contributed by atoms with Crippen LogP contribution in [0.4, 0.5) is 5.69 Å². The average Bonchev–Trinajstić information content (AvgIpc) is 2.53. The van der Waals surface area contributed by atoms with Crippen molar-refractivity contribution in [1.82, 2.24) is 0 Å². The topological polar surface area (TPSA) is 62.1 Å². The molecular formula is C17H16N2O2. The fraction of sp³-hybridized carbons (Fsp3) is 0.176. The lowest BCUT2D eigenvalue weighted by Gasteiger charge is -2.11. The number of nitrogens with zero attached hydrogens (tertiary/aromatic N) is 1. The highest BCUT2D eigenvalue weighted by Gasteiger charge is 2.07. The van der Waals surface area contributed by atoms with Crippen LogP contribution in [0.3, 0.4) is 0 Å². The van der Waals surface area contributed by atoms with Gasteiger partial charge < -0.3 is 10.1 Å². The van der Waals surface area contributed by atoms with Crippen molar-refractivity contribution >= 4 is 11.7 Å². The van der Waals surface area contributed by atoms with E-state index in [1.165, 1.54) is 7.11 Å². The first-order valence-electron chi connectivity index (χ1n) is 6.56. The number of ether oxygens (including phenoxy) is 1. The van der Waals surface area contributed by atoms with Crippen LogP contribution in [-0.2, 0) is 11.3 Å². The molecule has 1 N–H and O–H groups in total. The second kappa shape index (κ2) is 6.58. The van der Waals surface area contributed by atoms with Gasteiger partial charge in [-0.1, -0.05) is 12.1 Å². The lowest BCUT2D eigenvalue weighted by atomic mass is 10.1. The van der Waals surface area contributed by atoms with Crippen molar-refractivity contribution < 1.29 is 9.53 Å². The SMILES string of the molecule is COC(=O)c1ccc(NCc2cccc(C#N)c2)c(C)c1. The Morgan fingerprint density at radius 1 is 1.29 bits per heavy atom. The molecular weight excluding hydrogens is 264 g/mol. The zero-order valence-electron chi connectivity index (χ0n) is 12.0. The van der Waals surface area contributed by atoms with Crippen LogP contribution in [0.15, 0.2) is 42.5 Å². The molecule has 0 bridgehead atoms. The van der Waals surface area contributed by atoms with Crippen LogP contribution in [-0.4, -0.2) is 13.1 Å². The third-order valence-electron chi connectivity index (χ3n) is 3.19. The van der Waals surface area contributed by atoms with Crippen molar-refractivity contribution in [3.63, 3.8) is 0 Å². The molecule has 0 fully saturated rings. The third kappa shape index (κ3) is 3.61. The molecule has 0 aliphatic carbocycles. The minimum Gasteiger partial charge on any atom is -0.465 e. The molecule has 0 saturated heterocycles. The number of carbonyl (C=O) groups excluding carboxylic acids is 1. The highest BCUT2D eigenvalue weighted by molar-refractivity contribution is 5.90. The number of esters is 1. The van der Waals surface area contributed by atoms with Gasteiger partial charge in [0.1, 0.15) is 0 Å². The molecule has 0 heterocycles. The van der Waals surface area contributed by atoms with Gasteiger partial charge in [-0.05, 0) is 48.4 Å². The van der Waals surface area contributed by atoms with Crippen molar-refractivity contribution in [1.29, 1.82) is 5.26 Å². The second-order valence-corrected chi connectivity index (χ2v) is 4.69. The molecule has 106 valence electrons. The van der Waals surface area contributed by atoms with Crippen molar-refractivity contribution in [2.24, 2.45) is 0 Å². The van der Waals surface area contributed by atoms with Gasteiger partial charge in [-0.3, -0.25) is 0 Å². The zero-order valence-corrected chi connectivity index (χ0v) is 12.0. The number of carbonyl (C=O) groups is 1. The Kier molecular flexibility index (Phi) is 4.57. The number of hydrogen-bond donors (Lipinski definition) is 1. The molecule has 2 aromatic carbocycles. The molecule has 0 unspecified atom stereocenters. The summed E-state index contributed by atoms with van der Waals surface area (Å²) in [7, 11) is 1.37. The van der Waals surface area contributed by atoms with Gasteiger partial charge in [0.2, 0.25) is 0 Å². The van der Waals surface area contributed by atoms with Crippen LogP contribution < -0.4 is 5.32 Å². The highest BCUT2D eigenvalue weighted by Crippen LogP contribution is 2.18. The zero-order chi connectivity index (χ0) is 15.2. The van der Waals surface area contributed by atoms with Crippen molar-refractivity contribution in [2.45, 2.75) is 13.5 Å². The minimum absolute atomic E-state index is 0.341. The fourth-order valence-corrected chi connectivity index (χ4v) is 2.05. The first-order chi connectivity index (χ1) is 10.1.